The summed E-state index contributed by atoms with van der Waals surface area (Å²) in [7, 11) is 4.35. The number of fused-ring (bicyclic) bond motifs is 4. The number of anilines is 1. The van der Waals surface area contributed by atoms with E-state index in [0.29, 0.717) is 21.9 Å². The van der Waals surface area contributed by atoms with E-state index in [1.165, 1.54) is 43.6 Å². The number of likely N-dealkylation sites (tertiary alicyclic amines) is 1. The molecule has 4 aromatic rings. The van der Waals surface area contributed by atoms with Gasteiger partial charge in [-0.2, -0.15) is 5.01 Å². The second kappa shape index (κ2) is 13.7. The Morgan fingerprint density at radius 3 is 2.24 bits per heavy atom. The third-order valence-corrected chi connectivity index (χ3v) is 12.8. The fourth-order valence-electron chi connectivity index (χ4n) is 9.08. The van der Waals surface area contributed by atoms with Gasteiger partial charge in [0, 0.05) is 15.8 Å². The van der Waals surface area contributed by atoms with Crippen LogP contribution >= 0.6 is 34.5 Å². The molecule has 11 nitrogen and oxygen atoms in total. The molecule has 3 aromatic carbocycles. The summed E-state index contributed by atoms with van der Waals surface area (Å²) in [6, 6.07) is 18.7. The van der Waals surface area contributed by atoms with Gasteiger partial charge in [-0.15, -0.1) is 11.3 Å². The van der Waals surface area contributed by atoms with E-state index >= 15 is 4.79 Å². The third kappa shape index (κ3) is 5.37. The van der Waals surface area contributed by atoms with E-state index in [-0.39, 0.29) is 59.2 Å². The van der Waals surface area contributed by atoms with Gasteiger partial charge in [0.1, 0.15) is 5.75 Å². The van der Waals surface area contributed by atoms with Gasteiger partial charge >= 0.3 is 0 Å². The zero-order valence-electron chi connectivity index (χ0n) is 29.4. The maximum absolute atomic E-state index is 15.5. The molecule has 2 aliphatic carbocycles. The van der Waals surface area contributed by atoms with Crippen molar-refractivity contribution in [3.8, 4) is 23.0 Å². The van der Waals surface area contributed by atoms with Crippen LogP contribution in [0.25, 0.3) is 0 Å². The molecule has 3 fully saturated rings. The Hall–Kier alpha value is -5.04. The molecule has 4 amide bonds. The van der Waals surface area contributed by atoms with Crippen LogP contribution in [0.15, 0.2) is 83.8 Å². The monoisotopic (exact) mass is 787 g/mol. The molecule has 1 aromatic heterocycles. The summed E-state index contributed by atoms with van der Waals surface area (Å²) in [4.78, 5) is 61.1. The quantitative estimate of drug-likeness (QED) is 0.136. The maximum Gasteiger partial charge on any atom is 0.260 e. The van der Waals surface area contributed by atoms with Crippen LogP contribution in [0.1, 0.15) is 34.8 Å². The van der Waals surface area contributed by atoms with Crippen molar-refractivity contribution in [1.82, 2.24) is 9.91 Å². The first-order chi connectivity index (χ1) is 26.0. The zero-order chi connectivity index (χ0) is 38.1. The van der Waals surface area contributed by atoms with Crippen molar-refractivity contribution in [2.24, 2.45) is 23.7 Å². The number of ether oxygens (including phenoxy) is 3. The highest BCUT2D eigenvalue weighted by molar-refractivity contribution is 7.09. The van der Waals surface area contributed by atoms with Crippen LogP contribution in [0, 0.1) is 23.7 Å². The molecule has 4 aliphatic rings. The van der Waals surface area contributed by atoms with Gasteiger partial charge in [0.2, 0.25) is 17.6 Å². The highest BCUT2D eigenvalue weighted by atomic mass is 35.5. The number of phenolic OH excluding ortho intramolecular Hbond substituents is 1. The molecule has 0 spiro atoms. The molecule has 0 unspecified atom stereocenters. The van der Waals surface area contributed by atoms with Crippen LogP contribution in [0.3, 0.4) is 0 Å². The number of methoxy groups -OCH3 is 3. The van der Waals surface area contributed by atoms with Crippen LogP contribution < -0.4 is 19.6 Å². The van der Waals surface area contributed by atoms with E-state index in [4.69, 9.17) is 37.4 Å². The van der Waals surface area contributed by atoms with Crippen molar-refractivity contribution in [3.63, 3.8) is 0 Å². The highest BCUT2D eigenvalue weighted by Crippen LogP contribution is 2.65. The predicted octanol–water partition coefficient (Wildman–Crippen LogP) is 6.97. The Morgan fingerprint density at radius 1 is 0.889 bits per heavy atom. The lowest BCUT2D eigenvalue weighted by Gasteiger charge is -2.50. The number of hydrogen-bond donors (Lipinski definition) is 2. The zero-order valence-corrected chi connectivity index (χ0v) is 31.7. The number of nitrogens with one attached hydrogen (secondary N) is 1. The standard InChI is InChI=1S/C40H35Cl2N3O8S/c1-51-23-9-6-21(7-10-23)40-28(37(48)45(39(40)50)43-30-13-8-22(41)17-29(30)42)18-27-25(34(40)20-15-31(52-2)35(46)32(16-20)53-3)11-12-26-33(27)38(49)44(36(26)47)19-24-5-4-14-54-24/h4-11,13-17,26-28,33-34,43,46H,12,18-19H2,1-3H3/t26-,27+,28-,33-,34-,40+/m0/s1. The first-order valence-electron chi connectivity index (χ1n) is 17.3. The second-order valence-corrected chi connectivity index (χ2v) is 15.7. The minimum atomic E-state index is -1.60. The van der Waals surface area contributed by atoms with Gasteiger partial charge in [-0.3, -0.25) is 29.5 Å². The topological polar surface area (TPSA) is 135 Å². The molecule has 2 saturated heterocycles. The van der Waals surface area contributed by atoms with Gasteiger partial charge < -0.3 is 19.3 Å². The number of phenols is 1. The minimum absolute atomic E-state index is 0.0936. The fraction of sp³-hybridized carbons (Fsp3) is 0.300. The van der Waals surface area contributed by atoms with Crippen molar-refractivity contribution in [2.75, 3.05) is 26.8 Å². The maximum atomic E-state index is 15.5. The summed E-state index contributed by atoms with van der Waals surface area (Å²) in [5.41, 5.74) is 3.46. The van der Waals surface area contributed by atoms with E-state index in [9.17, 15) is 19.5 Å². The molecule has 14 heteroatoms. The van der Waals surface area contributed by atoms with E-state index in [1.54, 1.807) is 48.5 Å². The van der Waals surface area contributed by atoms with Gasteiger partial charge in [-0.05, 0) is 83.8 Å². The molecule has 8 rings (SSSR count). The largest absolute Gasteiger partial charge is 0.502 e. The van der Waals surface area contributed by atoms with Crippen LogP contribution in [0.4, 0.5) is 5.69 Å². The Kier molecular flexibility index (Phi) is 9.10. The molecule has 278 valence electrons. The van der Waals surface area contributed by atoms with Crippen molar-refractivity contribution in [1.29, 1.82) is 0 Å². The molecule has 2 aliphatic heterocycles. The first kappa shape index (κ1) is 36.0. The summed E-state index contributed by atoms with van der Waals surface area (Å²) in [5, 5.41) is 14.5. The van der Waals surface area contributed by atoms with Gasteiger partial charge in [0.25, 0.3) is 11.8 Å². The number of thiophene rings is 1. The van der Waals surface area contributed by atoms with Crippen LogP contribution in [-0.2, 0) is 31.1 Å². The molecule has 0 radical (unpaired) electrons. The number of halogens is 2. The van der Waals surface area contributed by atoms with Crippen LogP contribution in [0.2, 0.25) is 10.0 Å². The van der Waals surface area contributed by atoms with E-state index < -0.39 is 46.8 Å². The predicted molar refractivity (Wildman–Crippen MR) is 202 cm³/mol. The third-order valence-electron chi connectivity index (χ3n) is 11.4. The van der Waals surface area contributed by atoms with Crippen LogP contribution in [0.5, 0.6) is 23.0 Å². The molecule has 54 heavy (non-hydrogen) atoms. The number of carbonyl (C=O) groups is 4. The van der Waals surface area contributed by atoms with E-state index in [2.05, 4.69) is 5.43 Å². The fourth-order valence-corrected chi connectivity index (χ4v) is 10.2. The van der Waals surface area contributed by atoms with E-state index in [1.807, 2.05) is 23.6 Å². The summed E-state index contributed by atoms with van der Waals surface area (Å²) in [5.74, 6) is -5.03. The van der Waals surface area contributed by atoms with Crippen LogP contribution in [-0.4, -0.2) is 60.0 Å². The number of imide groups is 2. The SMILES string of the molecule is COc1ccc([C@@]23C(=O)N(Nc4ccc(Cl)cc4Cl)C(=O)[C@@H]2C[C@@H]2C(=CC[C@@H]4C(=O)N(Cc5cccs5)C(=O)[C@@H]42)[C@@H]3c2cc(OC)c(O)c(OC)c2)cc1. The number of nitrogens with zero attached hydrogens (tertiary/aromatic N) is 2. The van der Waals surface area contributed by atoms with Crippen molar-refractivity contribution in [2.45, 2.75) is 30.7 Å². The summed E-state index contributed by atoms with van der Waals surface area (Å²) in [6.07, 6.45) is 2.33. The summed E-state index contributed by atoms with van der Waals surface area (Å²) >= 11 is 14.2. The highest BCUT2D eigenvalue weighted by Gasteiger charge is 2.70. The van der Waals surface area contributed by atoms with Gasteiger partial charge in [0.05, 0.1) is 61.8 Å². The first-order valence-corrected chi connectivity index (χ1v) is 18.9. The number of benzene rings is 3. The molecule has 0 bridgehead atoms. The number of aromatic hydroxyl groups is 1. The molecule has 6 atom stereocenters. The molecular formula is C40H35Cl2N3O8S. The van der Waals surface area contributed by atoms with Crippen molar-refractivity contribution >= 4 is 63.9 Å². The average Bonchev–Trinajstić information content (AvgIpc) is 3.84. The second-order valence-electron chi connectivity index (χ2n) is 13.8. The van der Waals surface area contributed by atoms with Gasteiger partial charge in [-0.1, -0.05) is 53.1 Å². The lowest BCUT2D eigenvalue weighted by Crippen LogP contribution is -2.53. The number of hydrazine groups is 1. The van der Waals surface area contributed by atoms with Gasteiger partial charge in [-0.25, -0.2) is 0 Å². The van der Waals surface area contributed by atoms with E-state index in [0.717, 1.165) is 15.5 Å². The number of allylic oxidation sites excluding steroid dienone is 2. The Morgan fingerprint density at radius 2 is 1.61 bits per heavy atom. The number of carbonyl (C=O) groups excluding carboxylic acids is 4. The Balaban J connectivity index is 1.35. The summed E-state index contributed by atoms with van der Waals surface area (Å²) < 4.78 is 16.7. The Labute approximate surface area is 325 Å². The number of amides is 4. The average molecular weight is 789 g/mol. The number of rotatable bonds is 9. The lowest BCUT2D eigenvalue weighted by molar-refractivity contribution is -0.141. The molecule has 3 heterocycles. The molecular weight excluding hydrogens is 753 g/mol. The Bertz CT molecular complexity index is 2200. The molecule has 1 saturated carbocycles. The summed E-state index contributed by atoms with van der Waals surface area (Å²) in [6.45, 7) is 0.163. The normalized spacial score (nSPS) is 25.9. The smallest absolute Gasteiger partial charge is 0.260 e. The lowest BCUT2D eigenvalue weighted by atomic mass is 9.49. The van der Waals surface area contributed by atoms with Crippen molar-refractivity contribution < 1.29 is 38.5 Å². The minimum Gasteiger partial charge on any atom is -0.502 e. The van der Waals surface area contributed by atoms with Gasteiger partial charge in [0.15, 0.2) is 11.5 Å². The van der Waals surface area contributed by atoms with Crippen molar-refractivity contribution in [3.05, 3.63) is 110 Å². The molecule has 2 N–H and O–H groups in total. The number of hydrogen-bond acceptors (Lipinski definition) is 10.